The maximum atomic E-state index is 13.9. The molecule has 0 saturated heterocycles. The first-order valence-electron chi connectivity index (χ1n) is 11.7. The molecule has 1 N–H and O–H groups in total. The number of imidazole rings is 1. The Balaban J connectivity index is 1.55. The maximum absolute atomic E-state index is 13.9. The van der Waals surface area contributed by atoms with Gasteiger partial charge >= 0.3 is 0 Å². The average molecular weight is 485 g/mol. The molecule has 36 heavy (non-hydrogen) atoms. The summed E-state index contributed by atoms with van der Waals surface area (Å²) in [4.78, 5) is 33.9. The van der Waals surface area contributed by atoms with Gasteiger partial charge < -0.3 is 24.3 Å². The minimum atomic E-state index is -1.17. The summed E-state index contributed by atoms with van der Waals surface area (Å²) in [5.74, 6) is 0.985. The lowest BCUT2D eigenvalue weighted by Crippen LogP contribution is -2.63. The normalized spacial score (nSPS) is 17.1. The number of hydrogen-bond donors (Lipinski definition) is 1. The molecule has 2 heterocycles. The number of nitrogens with one attached hydrogen (secondary N) is 1. The number of carbonyl (C=O) groups excluding carboxylic acids is 2. The number of rotatable bonds is 7. The van der Waals surface area contributed by atoms with Gasteiger partial charge in [-0.25, -0.2) is 4.98 Å². The molecule has 1 aliphatic rings. The van der Waals surface area contributed by atoms with Crippen LogP contribution in [0.15, 0.2) is 72.8 Å². The summed E-state index contributed by atoms with van der Waals surface area (Å²) in [5, 5.41) is 3.05. The van der Waals surface area contributed by atoms with Gasteiger partial charge in [0.25, 0.3) is 5.91 Å². The number of fused-ring (bicyclic) bond motifs is 3. The van der Waals surface area contributed by atoms with Crippen molar-refractivity contribution in [3.63, 3.8) is 0 Å². The summed E-state index contributed by atoms with van der Waals surface area (Å²) >= 11 is 0. The third-order valence-electron chi connectivity index (χ3n) is 6.76. The molecule has 0 unspecified atom stereocenters. The molecular weight excluding hydrogens is 456 g/mol. The molecule has 0 saturated carbocycles. The molecule has 8 nitrogen and oxygen atoms in total. The number of carbonyl (C=O) groups is 2. The van der Waals surface area contributed by atoms with Gasteiger partial charge in [0.15, 0.2) is 5.82 Å². The maximum Gasteiger partial charge on any atom is 0.291 e. The fourth-order valence-electron chi connectivity index (χ4n) is 4.70. The van der Waals surface area contributed by atoms with E-state index in [1.807, 2.05) is 71.3 Å². The van der Waals surface area contributed by atoms with E-state index >= 15 is 0 Å². The zero-order chi connectivity index (χ0) is 25.3. The first kappa shape index (κ1) is 23.4. The zero-order valence-electron chi connectivity index (χ0n) is 20.5. The molecule has 184 valence electrons. The highest BCUT2D eigenvalue weighted by atomic mass is 16.5. The summed E-state index contributed by atoms with van der Waals surface area (Å²) in [6.07, 6.45) is 0. The van der Waals surface area contributed by atoms with Gasteiger partial charge in [-0.1, -0.05) is 42.5 Å². The predicted octanol–water partition coefficient (Wildman–Crippen LogP) is 3.78. The van der Waals surface area contributed by atoms with E-state index in [0.29, 0.717) is 23.9 Å². The highest BCUT2D eigenvalue weighted by molar-refractivity contribution is 6.01. The second kappa shape index (κ2) is 9.37. The molecule has 1 aliphatic heterocycles. The van der Waals surface area contributed by atoms with Gasteiger partial charge in [-0.05, 0) is 36.8 Å². The van der Waals surface area contributed by atoms with E-state index in [2.05, 4.69) is 10.3 Å². The molecule has 0 aliphatic carbocycles. The van der Waals surface area contributed by atoms with Crippen molar-refractivity contribution in [2.24, 2.45) is 0 Å². The van der Waals surface area contributed by atoms with Crippen LogP contribution in [-0.4, -0.2) is 46.0 Å². The molecule has 0 radical (unpaired) electrons. The number of methoxy groups -OCH3 is 2. The Bertz CT molecular complexity index is 1430. The van der Waals surface area contributed by atoms with Crippen molar-refractivity contribution in [3.05, 3.63) is 89.7 Å². The van der Waals surface area contributed by atoms with E-state index in [4.69, 9.17) is 9.47 Å². The Morgan fingerprint density at radius 2 is 1.78 bits per heavy atom. The van der Waals surface area contributed by atoms with E-state index in [1.165, 1.54) is 0 Å². The third kappa shape index (κ3) is 4.04. The van der Waals surface area contributed by atoms with Gasteiger partial charge in [0.1, 0.15) is 17.0 Å². The second-order valence-electron chi connectivity index (χ2n) is 9.02. The summed E-state index contributed by atoms with van der Waals surface area (Å²) < 4.78 is 12.7. The minimum Gasteiger partial charge on any atom is -0.497 e. The second-order valence-corrected chi connectivity index (χ2v) is 9.02. The van der Waals surface area contributed by atoms with E-state index in [1.54, 1.807) is 32.1 Å². The number of ether oxygens (including phenoxy) is 2. The number of amides is 2. The van der Waals surface area contributed by atoms with Crippen LogP contribution < -0.4 is 14.8 Å². The predicted molar refractivity (Wildman–Crippen MR) is 136 cm³/mol. The van der Waals surface area contributed by atoms with Crippen molar-refractivity contribution in [2.75, 3.05) is 14.2 Å². The lowest BCUT2D eigenvalue weighted by atomic mass is 9.94. The summed E-state index contributed by atoms with van der Waals surface area (Å²) in [6.45, 7) is 2.61. The number of para-hydroxylation sites is 2. The van der Waals surface area contributed by atoms with Gasteiger partial charge in [-0.15, -0.1) is 0 Å². The highest BCUT2D eigenvalue weighted by Gasteiger charge is 2.48. The largest absolute Gasteiger partial charge is 0.497 e. The van der Waals surface area contributed by atoms with E-state index < -0.39 is 5.54 Å². The van der Waals surface area contributed by atoms with Gasteiger partial charge in [-0.2, -0.15) is 0 Å². The molecule has 1 aromatic heterocycles. The Kier molecular flexibility index (Phi) is 6.10. The van der Waals surface area contributed by atoms with Crippen LogP contribution in [0.4, 0.5) is 0 Å². The molecule has 8 heteroatoms. The van der Waals surface area contributed by atoms with Crippen LogP contribution in [0.3, 0.4) is 0 Å². The third-order valence-corrected chi connectivity index (χ3v) is 6.76. The zero-order valence-corrected chi connectivity index (χ0v) is 20.5. The van der Waals surface area contributed by atoms with E-state index in [0.717, 1.165) is 22.2 Å². The van der Waals surface area contributed by atoms with Gasteiger partial charge in [-0.3, -0.25) is 9.59 Å². The fraction of sp³-hybridized carbons (Fsp3) is 0.250. The lowest BCUT2D eigenvalue weighted by Gasteiger charge is -2.43. The Morgan fingerprint density at radius 1 is 1.03 bits per heavy atom. The number of nitrogens with zero attached hydrogens (tertiary/aromatic N) is 3. The van der Waals surface area contributed by atoms with Gasteiger partial charge in [0, 0.05) is 18.2 Å². The number of benzene rings is 3. The summed E-state index contributed by atoms with van der Waals surface area (Å²) in [7, 11) is 3.16. The van der Waals surface area contributed by atoms with Crippen LogP contribution in [0.25, 0.3) is 11.0 Å². The topological polar surface area (TPSA) is 85.7 Å². The van der Waals surface area contributed by atoms with Gasteiger partial charge in [0.2, 0.25) is 5.91 Å². The van der Waals surface area contributed by atoms with Gasteiger partial charge in [0.05, 0.1) is 38.3 Å². The van der Waals surface area contributed by atoms with Crippen LogP contribution in [0.2, 0.25) is 0 Å². The molecule has 0 bridgehead atoms. The van der Waals surface area contributed by atoms with Crippen LogP contribution >= 0.6 is 0 Å². The van der Waals surface area contributed by atoms with Crippen molar-refractivity contribution in [1.82, 2.24) is 19.8 Å². The molecular formula is C28H28N4O4. The fourth-order valence-corrected chi connectivity index (χ4v) is 4.70. The molecule has 4 aromatic rings. The average Bonchev–Trinajstić information content (AvgIpc) is 3.28. The van der Waals surface area contributed by atoms with Crippen LogP contribution in [0.1, 0.15) is 28.7 Å². The molecule has 0 spiro atoms. The molecule has 5 rings (SSSR count). The van der Waals surface area contributed by atoms with Crippen molar-refractivity contribution in [3.8, 4) is 11.5 Å². The number of hydrogen-bond acceptors (Lipinski definition) is 5. The van der Waals surface area contributed by atoms with Crippen molar-refractivity contribution < 1.29 is 19.1 Å². The molecule has 2 amide bonds. The summed E-state index contributed by atoms with van der Waals surface area (Å²) in [6, 6.07) is 22.7. The van der Waals surface area contributed by atoms with Crippen LogP contribution in [0.5, 0.6) is 11.5 Å². The number of aromatic nitrogens is 2. The summed E-state index contributed by atoms with van der Waals surface area (Å²) in [5.41, 5.74) is 2.11. The van der Waals surface area contributed by atoms with Crippen molar-refractivity contribution >= 4 is 22.8 Å². The smallest absolute Gasteiger partial charge is 0.291 e. The standard InChI is InChI=1S/C28H28N4O4/c1-28(27(34)29-16-19-9-5-4-6-10-19)18-31-23-12-8-7-11-22(23)30-25(31)26(33)32(28)17-20-13-14-21(35-2)15-24(20)36-3/h4-15H,16-18H2,1-3H3,(H,29,34)/t28-/m1/s1. The van der Waals surface area contributed by atoms with E-state index in [9.17, 15) is 9.59 Å². The minimum absolute atomic E-state index is 0.171. The van der Waals surface area contributed by atoms with Crippen LogP contribution in [-0.2, 0) is 24.4 Å². The Hall–Kier alpha value is -4.33. The van der Waals surface area contributed by atoms with Crippen molar-refractivity contribution in [2.45, 2.75) is 32.1 Å². The molecule has 1 atom stereocenters. The highest BCUT2D eigenvalue weighted by Crippen LogP contribution is 2.34. The van der Waals surface area contributed by atoms with Crippen LogP contribution in [0, 0.1) is 0 Å². The Morgan fingerprint density at radius 3 is 2.53 bits per heavy atom. The first-order valence-corrected chi connectivity index (χ1v) is 11.7. The molecule has 0 fully saturated rings. The van der Waals surface area contributed by atoms with E-state index in [-0.39, 0.29) is 24.9 Å². The first-order chi connectivity index (χ1) is 17.4. The molecule has 3 aromatic carbocycles. The van der Waals surface area contributed by atoms with Crippen molar-refractivity contribution in [1.29, 1.82) is 0 Å². The lowest BCUT2D eigenvalue weighted by molar-refractivity contribution is -0.133. The monoisotopic (exact) mass is 484 g/mol. The SMILES string of the molecule is COc1ccc(CN2C(=O)c3nc4ccccc4n3C[C@]2(C)C(=O)NCc2ccccc2)c(OC)c1. The Labute approximate surface area is 209 Å². The quantitative estimate of drug-likeness (QED) is 0.432.